The number of hydrogen-bond donors (Lipinski definition) is 4. The molecular weight excluding hydrogens is 286 g/mol. The van der Waals surface area contributed by atoms with Crippen LogP contribution in [0.3, 0.4) is 0 Å². The topological polar surface area (TPSA) is 131 Å². The number of ether oxygens (including phenoxy) is 1. The summed E-state index contributed by atoms with van der Waals surface area (Å²) in [4.78, 5) is 11.0. The number of amides is 1. The summed E-state index contributed by atoms with van der Waals surface area (Å²) in [6.45, 7) is 1.30. The van der Waals surface area contributed by atoms with Gasteiger partial charge in [-0.3, -0.25) is 0 Å². The Labute approximate surface area is 117 Å². The van der Waals surface area contributed by atoms with Crippen LogP contribution in [0.25, 0.3) is 0 Å². The molecule has 112 valence electrons. The smallest absolute Gasteiger partial charge is 0.421 e. The fourth-order valence-corrected chi connectivity index (χ4v) is 2.06. The van der Waals surface area contributed by atoms with Crippen molar-refractivity contribution in [1.82, 2.24) is 9.44 Å². The van der Waals surface area contributed by atoms with Gasteiger partial charge in [0.1, 0.15) is 0 Å². The molecule has 5 N–H and O–H groups in total. The van der Waals surface area contributed by atoms with Crippen LogP contribution >= 0.6 is 0 Å². The lowest BCUT2D eigenvalue weighted by atomic mass is 10.1. The first kappa shape index (κ1) is 16.2. The molecule has 1 aromatic carbocycles. The molecule has 1 amide bonds. The quantitative estimate of drug-likeness (QED) is 0.542. The lowest BCUT2D eigenvalue weighted by Gasteiger charge is -2.13. The lowest BCUT2D eigenvalue weighted by molar-refractivity contribution is 0.158. The van der Waals surface area contributed by atoms with Crippen LogP contribution in [0.2, 0.25) is 0 Å². The van der Waals surface area contributed by atoms with Crippen molar-refractivity contribution in [3.63, 3.8) is 0 Å². The maximum absolute atomic E-state index is 11.5. The van der Waals surface area contributed by atoms with Gasteiger partial charge < -0.3 is 15.6 Å². The molecule has 0 heterocycles. The largest absolute Gasteiger partial charge is 0.449 e. The molecule has 0 bridgehead atoms. The van der Waals surface area contributed by atoms with E-state index in [2.05, 4.69) is 4.74 Å². The van der Waals surface area contributed by atoms with Crippen LogP contribution in [-0.4, -0.2) is 32.8 Å². The Bertz CT molecular complexity index is 544. The molecule has 0 spiro atoms. The van der Waals surface area contributed by atoms with E-state index in [9.17, 15) is 18.3 Å². The summed E-state index contributed by atoms with van der Waals surface area (Å²) in [6, 6.07) is 6.33. The first-order valence-corrected chi connectivity index (χ1v) is 7.30. The minimum atomic E-state index is -4.07. The standard InChI is InChI=1S/C11H17N3O5S/c1-2-19-11(16)14-20(17,18)13-7-10(15)8-3-5-9(12)6-4-8/h3-6,10,13,15H,2,7,12H2,1H3,(H,14,16). The van der Waals surface area contributed by atoms with E-state index in [1.54, 1.807) is 35.9 Å². The van der Waals surface area contributed by atoms with Gasteiger partial charge in [-0.2, -0.15) is 13.1 Å². The van der Waals surface area contributed by atoms with E-state index in [1.807, 2.05) is 4.72 Å². The summed E-state index contributed by atoms with van der Waals surface area (Å²) in [5, 5.41) is 9.80. The monoisotopic (exact) mass is 303 g/mol. The average molecular weight is 303 g/mol. The summed E-state index contributed by atoms with van der Waals surface area (Å²) >= 11 is 0. The summed E-state index contributed by atoms with van der Waals surface area (Å²) in [5.74, 6) is 0. The molecule has 0 saturated heterocycles. The minimum Gasteiger partial charge on any atom is -0.449 e. The summed E-state index contributed by atoms with van der Waals surface area (Å²) in [7, 11) is -4.07. The van der Waals surface area contributed by atoms with Gasteiger partial charge in [0, 0.05) is 12.2 Å². The van der Waals surface area contributed by atoms with Crippen molar-refractivity contribution >= 4 is 22.0 Å². The number of carbonyl (C=O) groups is 1. The Morgan fingerprint density at radius 3 is 2.55 bits per heavy atom. The highest BCUT2D eigenvalue weighted by Gasteiger charge is 2.17. The van der Waals surface area contributed by atoms with Crippen LogP contribution in [0.4, 0.5) is 10.5 Å². The van der Waals surface area contributed by atoms with Gasteiger partial charge in [-0.05, 0) is 24.6 Å². The molecular formula is C11H17N3O5S. The van der Waals surface area contributed by atoms with Gasteiger partial charge in [0.25, 0.3) is 0 Å². The zero-order chi connectivity index (χ0) is 15.2. The number of carbonyl (C=O) groups excluding carboxylic acids is 1. The van der Waals surface area contributed by atoms with E-state index in [-0.39, 0.29) is 13.2 Å². The molecule has 0 radical (unpaired) electrons. The number of rotatable bonds is 6. The minimum absolute atomic E-state index is 0.0510. The van der Waals surface area contributed by atoms with Gasteiger partial charge in [-0.1, -0.05) is 12.1 Å². The Morgan fingerprint density at radius 2 is 2.00 bits per heavy atom. The molecule has 0 aliphatic carbocycles. The Hall–Kier alpha value is -1.84. The van der Waals surface area contributed by atoms with Gasteiger partial charge >= 0.3 is 16.3 Å². The van der Waals surface area contributed by atoms with Crippen LogP contribution < -0.4 is 15.2 Å². The average Bonchev–Trinajstić information content (AvgIpc) is 2.36. The SMILES string of the molecule is CCOC(=O)NS(=O)(=O)NCC(O)c1ccc(N)cc1. The van der Waals surface area contributed by atoms with Crippen molar-refractivity contribution < 1.29 is 23.1 Å². The van der Waals surface area contributed by atoms with Crippen molar-refractivity contribution in [3.05, 3.63) is 29.8 Å². The van der Waals surface area contributed by atoms with Crippen LogP contribution in [-0.2, 0) is 14.9 Å². The first-order valence-electron chi connectivity index (χ1n) is 5.81. The van der Waals surface area contributed by atoms with E-state index in [4.69, 9.17) is 5.73 Å². The van der Waals surface area contributed by atoms with Gasteiger partial charge in [-0.15, -0.1) is 0 Å². The highest BCUT2D eigenvalue weighted by molar-refractivity contribution is 7.88. The van der Waals surface area contributed by atoms with Crippen molar-refractivity contribution in [3.8, 4) is 0 Å². The number of nitrogens with two attached hydrogens (primary N) is 1. The van der Waals surface area contributed by atoms with Gasteiger partial charge in [-0.25, -0.2) is 9.52 Å². The highest BCUT2D eigenvalue weighted by Crippen LogP contribution is 2.13. The van der Waals surface area contributed by atoms with Gasteiger partial charge in [0.2, 0.25) is 0 Å². The van der Waals surface area contributed by atoms with Gasteiger partial charge in [0.05, 0.1) is 12.7 Å². The van der Waals surface area contributed by atoms with E-state index < -0.39 is 22.4 Å². The predicted octanol–water partition coefficient (Wildman–Crippen LogP) is -0.117. The summed E-state index contributed by atoms with van der Waals surface area (Å²) in [6.07, 6.45) is -2.14. The number of aliphatic hydroxyl groups excluding tert-OH is 1. The molecule has 0 saturated carbocycles. The summed E-state index contributed by atoms with van der Waals surface area (Å²) < 4.78 is 31.0. The Kier molecular flexibility index (Phi) is 5.74. The third-order valence-corrected chi connectivity index (χ3v) is 3.26. The molecule has 1 aromatic rings. The second kappa shape index (κ2) is 7.08. The van der Waals surface area contributed by atoms with Gasteiger partial charge in [0.15, 0.2) is 0 Å². The fraction of sp³-hybridized carbons (Fsp3) is 0.364. The van der Waals surface area contributed by atoms with Crippen molar-refractivity contribution in [2.75, 3.05) is 18.9 Å². The van der Waals surface area contributed by atoms with Crippen molar-refractivity contribution in [1.29, 1.82) is 0 Å². The lowest BCUT2D eigenvalue weighted by Crippen LogP contribution is -2.42. The van der Waals surface area contributed by atoms with E-state index in [0.717, 1.165) is 0 Å². The molecule has 0 aliphatic rings. The normalized spacial score (nSPS) is 12.7. The van der Waals surface area contributed by atoms with E-state index in [1.165, 1.54) is 0 Å². The maximum atomic E-state index is 11.5. The first-order chi connectivity index (χ1) is 9.34. The molecule has 20 heavy (non-hydrogen) atoms. The molecule has 1 atom stereocenters. The predicted molar refractivity (Wildman–Crippen MR) is 72.9 cm³/mol. The van der Waals surface area contributed by atoms with E-state index >= 15 is 0 Å². The van der Waals surface area contributed by atoms with Crippen molar-refractivity contribution in [2.24, 2.45) is 0 Å². The van der Waals surface area contributed by atoms with Crippen molar-refractivity contribution in [2.45, 2.75) is 13.0 Å². The molecule has 0 aliphatic heterocycles. The number of aliphatic hydroxyl groups is 1. The highest BCUT2D eigenvalue weighted by atomic mass is 32.2. The zero-order valence-corrected chi connectivity index (χ0v) is 11.7. The number of benzene rings is 1. The number of nitrogens with one attached hydrogen (secondary N) is 2. The number of hydrogen-bond acceptors (Lipinski definition) is 6. The van der Waals surface area contributed by atoms with Crippen LogP contribution in [0.15, 0.2) is 24.3 Å². The molecule has 0 aromatic heterocycles. The Morgan fingerprint density at radius 1 is 1.40 bits per heavy atom. The van der Waals surface area contributed by atoms with Crippen LogP contribution in [0, 0.1) is 0 Å². The second-order valence-electron chi connectivity index (χ2n) is 3.86. The van der Waals surface area contributed by atoms with Crippen LogP contribution in [0.5, 0.6) is 0 Å². The maximum Gasteiger partial charge on any atom is 0.421 e. The second-order valence-corrected chi connectivity index (χ2v) is 5.36. The third-order valence-electron chi connectivity index (χ3n) is 2.28. The number of nitrogen functional groups attached to an aromatic ring is 1. The molecule has 9 heteroatoms. The van der Waals surface area contributed by atoms with E-state index in [0.29, 0.717) is 11.3 Å². The zero-order valence-electron chi connectivity index (χ0n) is 10.9. The molecule has 1 unspecified atom stereocenters. The Balaban J connectivity index is 2.53. The summed E-state index contributed by atoms with van der Waals surface area (Å²) in [5.41, 5.74) is 6.53. The van der Waals surface area contributed by atoms with Crippen LogP contribution in [0.1, 0.15) is 18.6 Å². The molecule has 8 nitrogen and oxygen atoms in total. The third kappa shape index (κ3) is 5.43. The molecule has 1 rings (SSSR count). The fourth-order valence-electron chi connectivity index (χ4n) is 1.33. The molecule has 0 fully saturated rings. The number of anilines is 1.